The van der Waals surface area contributed by atoms with Crippen molar-refractivity contribution >= 4 is 5.97 Å². The Bertz CT molecular complexity index is 674. The van der Waals surface area contributed by atoms with E-state index in [0.717, 1.165) is 40.8 Å². The average molecular weight is 298 g/mol. The van der Waals surface area contributed by atoms with Crippen LogP contribution >= 0.6 is 0 Å². The number of aromatic carboxylic acids is 1. The Morgan fingerprint density at radius 1 is 1.14 bits per heavy atom. The smallest absolute Gasteiger partial charge is 0.335 e. The van der Waals surface area contributed by atoms with Crippen molar-refractivity contribution in [3.05, 3.63) is 53.1 Å². The van der Waals surface area contributed by atoms with Crippen LogP contribution < -0.4 is 4.74 Å². The summed E-state index contributed by atoms with van der Waals surface area (Å²) in [6.45, 7) is 6.87. The number of benzene rings is 2. The summed E-state index contributed by atoms with van der Waals surface area (Å²) in [5.41, 5.74) is 4.64. The molecule has 22 heavy (non-hydrogen) atoms. The minimum atomic E-state index is -0.888. The lowest BCUT2D eigenvalue weighted by Crippen LogP contribution is -1.99. The van der Waals surface area contributed by atoms with E-state index in [1.807, 2.05) is 32.0 Å². The predicted octanol–water partition coefficient (Wildman–Crippen LogP) is 4.71. The molecule has 2 aromatic carbocycles. The van der Waals surface area contributed by atoms with Gasteiger partial charge in [0, 0.05) is 0 Å². The second-order valence-corrected chi connectivity index (χ2v) is 5.36. The first kappa shape index (κ1) is 16.1. The zero-order valence-corrected chi connectivity index (χ0v) is 13.3. The van der Waals surface area contributed by atoms with Crippen LogP contribution in [0.15, 0.2) is 36.4 Å². The van der Waals surface area contributed by atoms with Gasteiger partial charge in [0.1, 0.15) is 5.75 Å². The summed E-state index contributed by atoms with van der Waals surface area (Å²) in [6, 6.07) is 11.4. The quantitative estimate of drug-likeness (QED) is 0.840. The van der Waals surface area contributed by atoms with Crippen LogP contribution in [-0.2, 0) is 6.42 Å². The summed E-state index contributed by atoms with van der Waals surface area (Å²) in [4.78, 5) is 11.1. The molecule has 0 saturated carbocycles. The number of hydrogen-bond acceptors (Lipinski definition) is 2. The van der Waals surface area contributed by atoms with E-state index in [4.69, 9.17) is 9.84 Å². The van der Waals surface area contributed by atoms with Gasteiger partial charge in [-0.15, -0.1) is 0 Å². The summed E-state index contributed by atoms with van der Waals surface area (Å²) in [5, 5.41) is 9.11. The molecule has 1 N–H and O–H groups in total. The van der Waals surface area contributed by atoms with E-state index in [-0.39, 0.29) is 0 Å². The lowest BCUT2D eigenvalue weighted by molar-refractivity contribution is 0.0697. The van der Waals surface area contributed by atoms with Crippen molar-refractivity contribution < 1.29 is 14.6 Å². The molecule has 2 aromatic rings. The molecule has 116 valence electrons. The van der Waals surface area contributed by atoms with E-state index in [0.29, 0.717) is 12.2 Å². The molecule has 0 heterocycles. The Morgan fingerprint density at radius 3 is 2.50 bits per heavy atom. The molecular weight excluding hydrogens is 276 g/mol. The molecule has 0 aliphatic carbocycles. The van der Waals surface area contributed by atoms with Gasteiger partial charge in [-0.25, -0.2) is 4.79 Å². The first-order valence-corrected chi connectivity index (χ1v) is 7.66. The maximum atomic E-state index is 11.1. The van der Waals surface area contributed by atoms with Gasteiger partial charge in [-0.1, -0.05) is 26.0 Å². The van der Waals surface area contributed by atoms with Crippen LogP contribution in [0.3, 0.4) is 0 Å². The molecule has 0 aliphatic rings. The van der Waals surface area contributed by atoms with Crippen molar-refractivity contribution in [3.63, 3.8) is 0 Å². The molecule has 0 atom stereocenters. The lowest BCUT2D eigenvalue weighted by atomic mass is 9.95. The Kier molecular flexibility index (Phi) is 5.21. The van der Waals surface area contributed by atoms with Crippen LogP contribution in [-0.4, -0.2) is 17.7 Å². The number of carbonyl (C=O) groups is 1. The summed E-state index contributed by atoms with van der Waals surface area (Å²) in [7, 11) is 0. The highest BCUT2D eigenvalue weighted by atomic mass is 16.5. The molecule has 2 rings (SSSR count). The SMILES string of the molecule is CCCOc1ccc(-c2ccc(C(=O)O)cc2CC)cc1C. The molecule has 0 saturated heterocycles. The van der Waals surface area contributed by atoms with Gasteiger partial charge < -0.3 is 9.84 Å². The predicted molar refractivity (Wildman–Crippen MR) is 88.7 cm³/mol. The van der Waals surface area contributed by atoms with Crippen LogP contribution in [0.2, 0.25) is 0 Å². The third kappa shape index (κ3) is 3.48. The van der Waals surface area contributed by atoms with Gasteiger partial charge in [0.25, 0.3) is 0 Å². The number of ether oxygens (including phenoxy) is 1. The Hall–Kier alpha value is -2.29. The minimum absolute atomic E-state index is 0.334. The van der Waals surface area contributed by atoms with Crippen LogP contribution in [0, 0.1) is 6.92 Å². The third-order valence-corrected chi connectivity index (χ3v) is 3.68. The fourth-order valence-corrected chi connectivity index (χ4v) is 2.49. The number of carboxylic acid groups (broad SMARTS) is 1. The zero-order valence-electron chi connectivity index (χ0n) is 13.3. The molecule has 0 fully saturated rings. The van der Waals surface area contributed by atoms with Crippen molar-refractivity contribution in [1.82, 2.24) is 0 Å². The normalized spacial score (nSPS) is 10.5. The highest BCUT2D eigenvalue weighted by molar-refractivity contribution is 5.89. The van der Waals surface area contributed by atoms with Gasteiger partial charge in [-0.05, 0) is 66.3 Å². The van der Waals surface area contributed by atoms with Gasteiger partial charge in [-0.3, -0.25) is 0 Å². The van der Waals surface area contributed by atoms with E-state index < -0.39 is 5.97 Å². The largest absolute Gasteiger partial charge is 0.493 e. The Morgan fingerprint density at radius 2 is 1.91 bits per heavy atom. The fraction of sp³-hybridized carbons (Fsp3) is 0.316. The highest BCUT2D eigenvalue weighted by Crippen LogP contribution is 2.29. The summed E-state index contributed by atoms with van der Waals surface area (Å²) < 4.78 is 5.71. The first-order chi connectivity index (χ1) is 10.6. The standard InChI is InChI=1S/C19H22O3/c1-4-10-22-18-9-7-15(11-13(18)3)17-8-6-16(19(20)21)12-14(17)5-2/h6-9,11-12H,4-5,10H2,1-3H3,(H,20,21). The molecule has 3 heteroatoms. The summed E-state index contributed by atoms with van der Waals surface area (Å²) in [5.74, 6) is 0.0200. The molecule has 0 spiro atoms. The second kappa shape index (κ2) is 7.12. The average Bonchev–Trinajstić information content (AvgIpc) is 2.53. The topological polar surface area (TPSA) is 46.5 Å². The lowest BCUT2D eigenvalue weighted by Gasteiger charge is -2.13. The fourth-order valence-electron chi connectivity index (χ4n) is 2.49. The molecule has 0 amide bonds. The van der Waals surface area contributed by atoms with Crippen molar-refractivity contribution in [2.45, 2.75) is 33.6 Å². The number of aryl methyl sites for hydroxylation is 2. The molecule has 0 bridgehead atoms. The van der Waals surface area contributed by atoms with Gasteiger partial charge in [0.2, 0.25) is 0 Å². The first-order valence-electron chi connectivity index (χ1n) is 7.66. The molecule has 0 aliphatic heterocycles. The van der Waals surface area contributed by atoms with E-state index in [2.05, 4.69) is 13.0 Å². The third-order valence-electron chi connectivity index (χ3n) is 3.68. The Labute approximate surface area is 131 Å². The highest BCUT2D eigenvalue weighted by Gasteiger charge is 2.10. The van der Waals surface area contributed by atoms with Crippen molar-refractivity contribution in [2.24, 2.45) is 0 Å². The zero-order chi connectivity index (χ0) is 16.1. The van der Waals surface area contributed by atoms with E-state index in [1.165, 1.54) is 0 Å². The van der Waals surface area contributed by atoms with Crippen molar-refractivity contribution in [1.29, 1.82) is 0 Å². The number of hydrogen-bond donors (Lipinski definition) is 1. The van der Waals surface area contributed by atoms with E-state index >= 15 is 0 Å². The monoisotopic (exact) mass is 298 g/mol. The van der Waals surface area contributed by atoms with Crippen LogP contribution in [0.1, 0.15) is 41.8 Å². The second-order valence-electron chi connectivity index (χ2n) is 5.36. The van der Waals surface area contributed by atoms with Gasteiger partial charge >= 0.3 is 5.97 Å². The van der Waals surface area contributed by atoms with Crippen LogP contribution in [0.4, 0.5) is 0 Å². The van der Waals surface area contributed by atoms with E-state index in [1.54, 1.807) is 12.1 Å². The molecule has 0 aromatic heterocycles. The van der Waals surface area contributed by atoms with Gasteiger partial charge in [-0.2, -0.15) is 0 Å². The van der Waals surface area contributed by atoms with Crippen LogP contribution in [0.5, 0.6) is 5.75 Å². The molecular formula is C19H22O3. The Balaban J connectivity index is 2.39. The number of carboxylic acids is 1. The molecule has 3 nitrogen and oxygen atoms in total. The minimum Gasteiger partial charge on any atom is -0.493 e. The van der Waals surface area contributed by atoms with Gasteiger partial charge in [0.15, 0.2) is 0 Å². The number of rotatable bonds is 6. The molecule has 0 radical (unpaired) electrons. The maximum Gasteiger partial charge on any atom is 0.335 e. The van der Waals surface area contributed by atoms with Gasteiger partial charge in [0.05, 0.1) is 12.2 Å². The van der Waals surface area contributed by atoms with Crippen molar-refractivity contribution in [2.75, 3.05) is 6.61 Å². The maximum absolute atomic E-state index is 11.1. The van der Waals surface area contributed by atoms with Crippen molar-refractivity contribution in [3.8, 4) is 16.9 Å². The van der Waals surface area contributed by atoms with E-state index in [9.17, 15) is 4.79 Å². The summed E-state index contributed by atoms with van der Waals surface area (Å²) >= 11 is 0. The van der Waals surface area contributed by atoms with Crippen LogP contribution in [0.25, 0.3) is 11.1 Å². The summed E-state index contributed by atoms with van der Waals surface area (Å²) in [6.07, 6.45) is 1.78. The molecule has 0 unspecified atom stereocenters.